The van der Waals surface area contributed by atoms with E-state index in [1.54, 1.807) is 35.2 Å². The van der Waals surface area contributed by atoms with E-state index in [9.17, 15) is 4.79 Å². The zero-order valence-corrected chi connectivity index (χ0v) is 18.2. The number of aromatic nitrogens is 4. The first-order valence-corrected chi connectivity index (χ1v) is 10.5. The van der Waals surface area contributed by atoms with Crippen molar-refractivity contribution in [2.75, 3.05) is 5.73 Å². The molecule has 0 bridgehead atoms. The smallest absolute Gasteiger partial charge is 0.255 e. The molecule has 0 amide bonds. The molecule has 5 rings (SSSR count). The second-order valence-electron chi connectivity index (χ2n) is 8.90. The Bertz CT molecular complexity index is 1510. The normalized spacial score (nSPS) is 11.8. The lowest BCUT2D eigenvalue weighted by Gasteiger charge is -2.20. The molecule has 0 saturated carbocycles. The molecule has 0 spiro atoms. The summed E-state index contributed by atoms with van der Waals surface area (Å²) in [7, 11) is 0. The molecule has 0 fully saturated rings. The van der Waals surface area contributed by atoms with Crippen molar-refractivity contribution < 1.29 is 0 Å². The Labute approximate surface area is 185 Å². The van der Waals surface area contributed by atoms with Gasteiger partial charge in [-0.3, -0.25) is 14.3 Å². The lowest BCUT2D eigenvalue weighted by atomic mass is 9.87. The van der Waals surface area contributed by atoms with Gasteiger partial charge in [0.15, 0.2) is 0 Å². The molecule has 0 saturated heterocycles. The Kier molecular flexibility index (Phi) is 4.51. The van der Waals surface area contributed by atoms with Crippen LogP contribution in [0.5, 0.6) is 0 Å². The Balaban J connectivity index is 1.79. The SMILES string of the molecule is CC(C)(C)c1ccc(-n2c(=O)ccc3cnc4ccc(-c5ccc(N)nc5)nc4c32)cc1. The summed E-state index contributed by atoms with van der Waals surface area (Å²) in [6.45, 7) is 6.51. The summed E-state index contributed by atoms with van der Waals surface area (Å²) in [5, 5.41) is 0.845. The summed E-state index contributed by atoms with van der Waals surface area (Å²) in [6, 6.07) is 18.9. The zero-order valence-electron chi connectivity index (χ0n) is 18.2. The molecular weight excluding hydrogens is 398 g/mol. The average molecular weight is 422 g/mol. The minimum atomic E-state index is -0.116. The predicted molar refractivity (Wildman–Crippen MR) is 129 cm³/mol. The van der Waals surface area contributed by atoms with Crippen LogP contribution in [0.2, 0.25) is 0 Å². The largest absolute Gasteiger partial charge is 0.384 e. The molecule has 0 aliphatic carbocycles. The van der Waals surface area contributed by atoms with Crippen molar-refractivity contribution in [1.82, 2.24) is 19.5 Å². The van der Waals surface area contributed by atoms with Crippen LogP contribution in [0.15, 0.2) is 77.9 Å². The number of rotatable bonds is 2. The Morgan fingerprint density at radius 2 is 1.62 bits per heavy atom. The molecule has 2 N–H and O–H groups in total. The Hall–Kier alpha value is -4.06. The molecular formula is C26H23N5O. The van der Waals surface area contributed by atoms with E-state index in [0.29, 0.717) is 11.3 Å². The second kappa shape index (κ2) is 7.27. The number of nitrogen functional groups attached to an aromatic ring is 1. The molecule has 4 heterocycles. The van der Waals surface area contributed by atoms with Crippen LogP contribution in [0, 0.1) is 0 Å². The highest BCUT2D eigenvalue weighted by Crippen LogP contribution is 2.28. The number of hydrogen-bond donors (Lipinski definition) is 1. The van der Waals surface area contributed by atoms with Crippen LogP contribution in [0.1, 0.15) is 26.3 Å². The topological polar surface area (TPSA) is 86.7 Å². The molecule has 1 aromatic carbocycles. The summed E-state index contributed by atoms with van der Waals surface area (Å²) in [6.07, 6.45) is 3.48. The summed E-state index contributed by atoms with van der Waals surface area (Å²) in [5.74, 6) is 0.453. The van der Waals surface area contributed by atoms with E-state index in [2.05, 4.69) is 42.9 Å². The van der Waals surface area contributed by atoms with Crippen LogP contribution in [-0.2, 0) is 5.41 Å². The number of nitrogens with zero attached hydrogens (tertiary/aromatic N) is 4. The Morgan fingerprint density at radius 3 is 2.31 bits per heavy atom. The maximum Gasteiger partial charge on any atom is 0.255 e. The quantitative estimate of drug-likeness (QED) is 0.411. The monoisotopic (exact) mass is 421 g/mol. The maximum atomic E-state index is 13.0. The van der Waals surface area contributed by atoms with Gasteiger partial charge in [-0.2, -0.15) is 0 Å². The van der Waals surface area contributed by atoms with E-state index in [-0.39, 0.29) is 11.0 Å². The lowest BCUT2D eigenvalue weighted by Crippen LogP contribution is -2.18. The molecule has 6 nitrogen and oxygen atoms in total. The number of fused-ring (bicyclic) bond motifs is 3. The fourth-order valence-corrected chi connectivity index (χ4v) is 3.85. The van der Waals surface area contributed by atoms with Crippen LogP contribution in [0.3, 0.4) is 0 Å². The minimum Gasteiger partial charge on any atom is -0.384 e. The second-order valence-corrected chi connectivity index (χ2v) is 8.90. The molecule has 6 heteroatoms. The van der Waals surface area contributed by atoms with Gasteiger partial charge < -0.3 is 5.73 Å². The molecule has 0 aliphatic rings. The van der Waals surface area contributed by atoms with Crippen molar-refractivity contribution >= 4 is 27.8 Å². The van der Waals surface area contributed by atoms with E-state index in [0.717, 1.165) is 33.4 Å². The number of anilines is 1. The standard InChI is InChI=1S/C26H23N5O/c1-26(2,3)18-6-8-19(9-7-18)31-23(32)13-5-17-15-28-21-11-10-20(30-24(21)25(17)31)16-4-12-22(27)29-14-16/h4-15H,1-3H3,(H2,27,29). The van der Waals surface area contributed by atoms with Gasteiger partial charge >= 0.3 is 0 Å². The van der Waals surface area contributed by atoms with Gasteiger partial charge in [0.1, 0.15) is 11.3 Å². The molecule has 5 aromatic rings. The number of hydrogen-bond acceptors (Lipinski definition) is 5. The minimum absolute atomic E-state index is 0.0302. The third kappa shape index (κ3) is 3.39. The summed E-state index contributed by atoms with van der Waals surface area (Å²) < 4.78 is 1.71. The third-order valence-corrected chi connectivity index (χ3v) is 5.64. The van der Waals surface area contributed by atoms with Gasteiger partial charge in [-0.05, 0) is 53.4 Å². The van der Waals surface area contributed by atoms with Crippen molar-refractivity contribution in [2.24, 2.45) is 0 Å². The predicted octanol–water partition coefficient (Wildman–Crippen LogP) is 4.88. The number of nitrogens with two attached hydrogens (primary N) is 1. The highest BCUT2D eigenvalue weighted by Gasteiger charge is 2.16. The van der Waals surface area contributed by atoms with Crippen LogP contribution >= 0.6 is 0 Å². The molecule has 0 aliphatic heterocycles. The highest BCUT2D eigenvalue weighted by atomic mass is 16.1. The van der Waals surface area contributed by atoms with Crippen LogP contribution in [0.25, 0.3) is 38.9 Å². The van der Waals surface area contributed by atoms with Gasteiger partial charge in [-0.1, -0.05) is 32.9 Å². The zero-order chi connectivity index (χ0) is 22.5. The number of benzene rings is 1. The first kappa shape index (κ1) is 19.9. The van der Waals surface area contributed by atoms with E-state index in [4.69, 9.17) is 10.7 Å². The fraction of sp³-hybridized carbons (Fsp3) is 0.154. The molecule has 0 unspecified atom stereocenters. The summed E-state index contributed by atoms with van der Waals surface area (Å²) >= 11 is 0. The Morgan fingerprint density at radius 1 is 0.844 bits per heavy atom. The van der Waals surface area contributed by atoms with E-state index in [1.807, 2.05) is 30.3 Å². The van der Waals surface area contributed by atoms with Crippen molar-refractivity contribution in [3.63, 3.8) is 0 Å². The highest BCUT2D eigenvalue weighted by molar-refractivity contribution is 6.02. The lowest BCUT2D eigenvalue weighted by molar-refractivity contribution is 0.590. The van der Waals surface area contributed by atoms with Crippen LogP contribution < -0.4 is 11.3 Å². The van der Waals surface area contributed by atoms with Crippen LogP contribution in [-0.4, -0.2) is 19.5 Å². The first-order chi connectivity index (χ1) is 15.3. The van der Waals surface area contributed by atoms with E-state index >= 15 is 0 Å². The van der Waals surface area contributed by atoms with Gasteiger partial charge in [-0.15, -0.1) is 0 Å². The third-order valence-electron chi connectivity index (χ3n) is 5.64. The summed E-state index contributed by atoms with van der Waals surface area (Å²) in [4.78, 5) is 26.7. The van der Waals surface area contributed by atoms with Crippen molar-refractivity contribution in [2.45, 2.75) is 26.2 Å². The van der Waals surface area contributed by atoms with Crippen LogP contribution in [0.4, 0.5) is 5.82 Å². The van der Waals surface area contributed by atoms with Gasteiger partial charge in [0.25, 0.3) is 5.56 Å². The average Bonchev–Trinajstić information content (AvgIpc) is 2.78. The molecule has 4 aromatic heterocycles. The summed E-state index contributed by atoms with van der Waals surface area (Å²) in [5.41, 5.74) is 11.3. The molecule has 0 atom stereocenters. The molecule has 0 radical (unpaired) electrons. The van der Waals surface area contributed by atoms with E-state index < -0.39 is 0 Å². The van der Waals surface area contributed by atoms with Gasteiger partial charge in [0.2, 0.25) is 0 Å². The van der Waals surface area contributed by atoms with Gasteiger partial charge in [0.05, 0.1) is 16.7 Å². The fourth-order valence-electron chi connectivity index (χ4n) is 3.85. The molecule has 158 valence electrons. The van der Waals surface area contributed by atoms with E-state index in [1.165, 1.54) is 5.56 Å². The van der Waals surface area contributed by atoms with Gasteiger partial charge in [0, 0.05) is 35.1 Å². The molecule has 32 heavy (non-hydrogen) atoms. The van der Waals surface area contributed by atoms with Crippen molar-refractivity contribution in [1.29, 1.82) is 0 Å². The number of pyridine rings is 4. The van der Waals surface area contributed by atoms with Gasteiger partial charge in [-0.25, -0.2) is 9.97 Å². The first-order valence-electron chi connectivity index (χ1n) is 10.5. The maximum absolute atomic E-state index is 13.0. The van der Waals surface area contributed by atoms with Crippen molar-refractivity contribution in [3.8, 4) is 16.9 Å². The van der Waals surface area contributed by atoms with Crippen molar-refractivity contribution in [3.05, 3.63) is 89.0 Å².